The molecule has 0 spiro atoms. The average Bonchev–Trinajstić information content (AvgIpc) is 2.75. The van der Waals surface area contributed by atoms with Crippen LogP contribution in [0.4, 0.5) is 5.69 Å². The zero-order valence-corrected chi connectivity index (χ0v) is 11.5. The number of benzene rings is 1. The Morgan fingerprint density at radius 3 is 2.83 bits per heavy atom. The summed E-state index contributed by atoms with van der Waals surface area (Å²) < 4.78 is 1.12. The van der Waals surface area contributed by atoms with Crippen LogP contribution in [0.1, 0.15) is 20.8 Å². The van der Waals surface area contributed by atoms with Crippen molar-refractivity contribution in [3.63, 3.8) is 0 Å². The first-order valence-electron chi connectivity index (χ1n) is 5.96. The zero-order valence-electron chi connectivity index (χ0n) is 10.7. The van der Waals surface area contributed by atoms with E-state index >= 15 is 0 Å². The van der Waals surface area contributed by atoms with Gasteiger partial charge in [-0.25, -0.2) is 4.98 Å². The Labute approximate surface area is 110 Å². The van der Waals surface area contributed by atoms with Crippen LogP contribution in [0.15, 0.2) is 23.7 Å². The molecule has 4 nitrogen and oxygen atoms in total. The van der Waals surface area contributed by atoms with Crippen molar-refractivity contribution < 1.29 is 4.79 Å². The van der Waals surface area contributed by atoms with Crippen molar-refractivity contribution in [2.45, 2.75) is 32.9 Å². The molecule has 2 aromatic rings. The normalized spacial score (nSPS) is 12.7. The molecular weight excluding hydrogens is 246 g/mol. The maximum Gasteiger partial charge on any atom is 0.242 e. The lowest BCUT2D eigenvalue weighted by atomic mass is 10.2. The smallest absolute Gasteiger partial charge is 0.242 e. The second kappa shape index (κ2) is 5.35. The number of nitrogens with zero attached hydrogens (tertiary/aromatic N) is 1. The fourth-order valence-electron chi connectivity index (χ4n) is 1.67. The second-order valence-electron chi connectivity index (χ2n) is 4.56. The molecule has 18 heavy (non-hydrogen) atoms. The standard InChI is InChI=1S/C13H17N3OS/c1-8(2)15-13(17)9(3)16-10-4-5-11-12(6-10)18-7-14-11/h4-9,16H,1-3H3,(H,15,17). The number of aromatic nitrogens is 1. The molecule has 0 aliphatic rings. The maximum atomic E-state index is 11.8. The molecule has 1 heterocycles. The minimum Gasteiger partial charge on any atom is -0.374 e. The number of nitrogens with one attached hydrogen (secondary N) is 2. The Bertz CT molecular complexity index is 550. The fourth-order valence-corrected chi connectivity index (χ4v) is 2.39. The first-order valence-corrected chi connectivity index (χ1v) is 6.84. The van der Waals surface area contributed by atoms with Gasteiger partial charge in [-0.1, -0.05) is 0 Å². The van der Waals surface area contributed by atoms with Crippen LogP contribution in [-0.4, -0.2) is 23.0 Å². The number of carbonyl (C=O) groups excluding carboxylic acids is 1. The number of carbonyl (C=O) groups is 1. The largest absolute Gasteiger partial charge is 0.374 e. The van der Waals surface area contributed by atoms with Crippen molar-refractivity contribution in [2.75, 3.05) is 5.32 Å². The van der Waals surface area contributed by atoms with Crippen LogP contribution in [0.2, 0.25) is 0 Å². The summed E-state index contributed by atoms with van der Waals surface area (Å²) in [6, 6.07) is 5.83. The van der Waals surface area contributed by atoms with Crippen molar-refractivity contribution in [1.82, 2.24) is 10.3 Å². The highest BCUT2D eigenvalue weighted by molar-refractivity contribution is 7.16. The molecule has 2 N–H and O–H groups in total. The predicted molar refractivity (Wildman–Crippen MR) is 76.0 cm³/mol. The third kappa shape index (κ3) is 2.98. The van der Waals surface area contributed by atoms with Crippen LogP contribution in [0.3, 0.4) is 0 Å². The summed E-state index contributed by atoms with van der Waals surface area (Å²) in [6.45, 7) is 5.76. The highest BCUT2D eigenvalue weighted by Gasteiger charge is 2.13. The maximum absolute atomic E-state index is 11.8. The molecule has 0 saturated heterocycles. The van der Waals surface area contributed by atoms with Gasteiger partial charge >= 0.3 is 0 Å². The Hall–Kier alpha value is -1.62. The number of thiazole rings is 1. The minimum atomic E-state index is -0.252. The third-order valence-corrected chi connectivity index (χ3v) is 3.33. The Kier molecular flexibility index (Phi) is 3.81. The van der Waals surface area contributed by atoms with Gasteiger partial charge in [-0.05, 0) is 39.0 Å². The summed E-state index contributed by atoms with van der Waals surface area (Å²) in [7, 11) is 0. The van der Waals surface area contributed by atoms with Crippen molar-refractivity contribution in [3.8, 4) is 0 Å². The summed E-state index contributed by atoms with van der Waals surface area (Å²) in [4.78, 5) is 16.0. The van der Waals surface area contributed by atoms with Gasteiger partial charge < -0.3 is 10.6 Å². The number of anilines is 1. The van der Waals surface area contributed by atoms with Gasteiger partial charge in [-0.2, -0.15) is 0 Å². The van der Waals surface area contributed by atoms with E-state index in [9.17, 15) is 4.79 Å². The Balaban J connectivity index is 2.06. The van der Waals surface area contributed by atoms with Crippen LogP contribution >= 0.6 is 11.3 Å². The van der Waals surface area contributed by atoms with E-state index in [1.165, 1.54) is 0 Å². The summed E-state index contributed by atoms with van der Waals surface area (Å²) in [6.07, 6.45) is 0. The SMILES string of the molecule is CC(C)NC(=O)C(C)Nc1ccc2ncsc2c1. The summed E-state index contributed by atoms with van der Waals surface area (Å²) in [5.74, 6) is 0.00871. The lowest BCUT2D eigenvalue weighted by molar-refractivity contribution is -0.122. The van der Waals surface area contributed by atoms with E-state index in [-0.39, 0.29) is 18.0 Å². The van der Waals surface area contributed by atoms with E-state index in [2.05, 4.69) is 15.6 Å². The van der Waals surface area contributed by atoms with Gasteiger partial charge in [0.15, 0.2) is 0 Å². The van der Waals surface area contributed by atoms with Gasteiger partial charge in [0.25, 0.3) is 0 Å². The topological polar surface area (TPSA) is 54.0 Å². The first kappa shape index (κ1) is 12.8. The molecule has 1 aromatic carbocycles. The van der Waals surface area contributed by atoms with Gasteiger partial charge in [-0.15, -0.1) is 11.3 Å². The van der Waals surface area contributed by atoms with Crippen molar-refractivity contribution in [2.24, 2.45) is 0 Å². The molecule has 2 rings (SSSR count). The molecule has 1 atom stereocenters. The molecule has 0 saturated carbocycles. The predicted octanol–water partition coefficient (Wildman–Crippen LogP) is 2.62. The number of amides is 1. The lowest BCUT2D eigenvalue weighted by Gasteiger charge is -2.17. The quantitative estimate of drug-likeness (QED) is 0.891. The minimum absolute atomic E-state index is 0.00871. The number of hydrogen-bond donors (Lipinski definition) is 2. The van der Waals surface area contributed by atoms with E-state index in [1.807, 2.05) is 44.5 Å². The Morgan fingerprint density at radius 2 is 2.11 bits per heavy atom. The second-order valence-corrected chi connectivity index (χ2v) is 5.45. The van der Waals surface area contributed by atoms with Crippen LogP contribution in [0.5, 0.6) is 0 Å². The summed E-state index contributed by atoms with van der Waals surface area (Å²) >= 11 is 1.60. The van der Waals surface area contributed by atoms with E-state index in [0.29, 0.717) is 0 Å². The van der Waals surface area contributed by atoms with Crippen molar-refractivity contribution >= 4 is 33.1 Å². The van der Waals surface area contributed by atoms with Crippen LogP contribution in [-0.2, 0) is 4.79 Å². The van der Waals surface area contributed by atoms with Gasteiger partial charge in [0.2, 0.25) is 5.91 Å². The van der Waals surface area contributed by atoms with Crippen LogP contribution in [0.25, 0.3) is 10.2 Å². The molecule has 1 aromatic heterocycles. The first-order chi connectivity index (χ1) is 8.56. The van der Waals surface area contributed by atoms with Crippen LogP contribution < -0.4 is 10.6 Å². The number of hydrogen-bond acceptors (Lipinski definition) is 4. The van der Waals surface area contributed by atoms with E-state index in [0.717, 1.165) is 15.9 Å². The van der Waals surface area contributed by atoms with Gasteiger partial charge in [0, 0.05) is 11.7 Å². The molecule has 0 fully saturated rings. The van der Waals surface area contributed by atoms with Crippen molar-refractivity contribution in [1.29, 1.82) is 0 Å². The number of rotatable bonds is 4. The molecule has 0 bridgehead atoms. The molecule has 1 unspecified atom stereocenters. The molecule has 0 aliphatic carbocycles. The molecular formula is C13H17N3OS. The van der Waals surface area contributed by atoms with Crippen molar-refractivity contribution in [3.05, 3.63) is 23.7 Å². The van der Waals surface area contributed by atoms with E-state index < -0.39 is 0 Å². The third-order valence-electron chi connectivity index (χ3n) is 2.54. The Morgan fingerprint density at radius 1 is 1.33 bits per heavy atom. The molecule has 0 radical (unpaired) electrons. The highest BCUT2D eigenvalue weighted by atomic mass is 32.1. The molecule has 1 amide bonds. The summed E-state index contributed by atoms with van der Waals surface area (Å²) in [5, 5.41) is 6.08. The number of fused-ring (bicyclic) bond motifs is 1. The average molecular weight is 263 g/mol. The zero-order chi connectivity index (χ0) is 13.1. The highest BCUT2D eigenvalue weighted by Crippen LogP contribution is 2.22. The van der Waals surface area contributed by atoms with Crippen LogP contribution in [0, 0.1) is 0 Å². The molecule has 5 heteroatoms. The molecule has 96 valence electrons. The van der Waals surface area contributed by atoms with Gasteiger partial charge in [-0.3, -0.25) is 4.79 Å². The molecule has 0 aliphatic heterocycles. The lowest BCUT2D eigenvalue weighted by Crippen LogP contribution is -2.40. The monoisotopic (exact) mass is 263 g/mol. The van der Waals surface area contributed by atoms with E-state index in [1.54, 1.807) is 11.3 Å². The van der Waals surface area contributed by atoms with Gasteiger partial charge in [0.05, 0.1) is 15.7 Å². The van der Waals surface area contributed by atoms with E-state index in [4.69, 9.17) is 0 Å². The van der Waals surface area contributed by atoms with Gasteiger partial charge in [0.1, 0.15) is 6.04 Å². The fraction of sp³-hybridized carbons (Fsp3) is 0.385. The summed E-state index contributed by atoms with van der Waals surface area (Å²) in [5.41, 5.74) is 3.76.